The van der Waals surface area contributed by atoms with E-state index in [2.05, 4.69) is 59.2 Å². The normalized spacial score (nSPS) is 15.5. The first-order chi connectivity index (χ1) is 12.0. The number of ether oxygens (including phenoxy) is 1. The van der Waals surface area contributed by atoms with Crippen LogP contribution in [0.3, 0.4) is 0 Å². The molecule has 6 heteroatoms. The van der Waals surface area contributed by atoms with Crippen LogP contribution in [0.4, 0.5) is 0 Å². The first-order valence-electron chi connectivity index (χ1n) is 9.03. The minimum atomic E-state index is 0.895. The molecule has 0 radical (unpaired) electrons. The molecule has 1 fully saturated rings. The molecule has 1 aromatic rings. The van der Waals surface area contributed by atoms with Gasteiger partial charge in [0.05, 0.1) is 7.11 Å². The van der Waals surface area contributed by atoms with Crippen LogP contribution < -0.4 is 10.1 Å². The second-order valence-electron chi connectivity index (χ2n) is 6.97. The van der Waals surface area contributed by atoms with Crippen molar-refractivity contribution in [1.29, 1.82) is 0 Å². The largest absolute Gasteiger partial charge is 0.496 e. The number of piperazine rings is 1. The van der Waals surface area contributed by atoms with Gasteiger partial charge < -0.3 is 19.9 Å². The first-order valence-corrected chi connectivity index (χ1v) is 9.44. The third-order valence-electron chi connectivity index (χ3n) is 4.55. The lowest BCUT2D eigenvalue weighted by molar-refractivity contribution is 0.173. The van der Waals surface area contributed by atoms with Gasteiger partial charge in [0, 0.05) is 44.8 Å². The molecule has 1 saturated heterocycles. The molecule has 0 unspecified atom stereocenters. The highest BCUT2D eigenvalue weighted by molar-refractivity contribution is 7.80. The summed E-state index contributed by atoms with van der Waals surface area (Å²) in [6, 6.07) is 6.39. The third kappa shape index (κ3) is 6.45. The molecule has 1 N–H and O–H groups in total. The van der Waals surface area contributed by atoms with Gasteiger partial charge in [-0.2, -0.15) is 0 Å². The molecule has 0 atom stereocenters. The van der Waals surface area contributed by atoms with Gasteiger partial charge in [-0.1, -0.05) is 17.7 Å². The van der Waals surface area contributed by atoms with Crippen molar-refractivity contribution >= 4 is 17.3 Å². The summed E-state index contributed by atoms with van der Waals surface area (Å²) in [5, 5.41) is 4.29. The van der Waals surface area contributed by atoms with E-state index in [1.54, 1.807) is 7.11 Å². The molecule has 1 aliphatic heterocycles. The topological polar surface area (TPSA) is 31.0 Å². The summed E-state index contributed by atoms with van der Waals surface area (Å²) < 4.78 is 5.50. The Hall–Kier alpha value is -1.37. The predicted molar refractivity (Wildman–Crippen MR) is 108 cm³/mol. The molecular formula is C19H32N4OS. The van der Waals surface area contributed by atoms with Crippen LogP contribution in [0, 0.1) is 6.92 Å². The van der Waals surface area contributed by atoms with E-state index in [0.717, 1.165) is 63.1 Å². The first kappa shape index (κ1) is 19.9. The predicted octanol–water partition coefficient (Wildman–Crippen LogP) is 1.95. The second-order valence-corrected chi connectivity index (χ2v) is 7.35. The smallest absolute Gasteiger partial charge is 0.169 e. The van der Waals surface area contributed by atoms with Crippen LogP contribution >= 0.6 is 12.2 Å². The van der Waals surface area contributed by atoms with Crippen molar-refractivity contribution in [1.82, 2.24) is 20.0 Å². The number of methoxy groups -OCH3 is 1. The second kappa shape index (κ2) is 9.94. The minimum Gasteiger partial charge on any atom is -0.496 e. The van der Waals surface area contributed by atoms with E-state index in [1.807, 2.05) is 0 Å². The molecule has 2 rings (SSSR count). The molecule has 5 nitrogen and oxygen atoms in total. The number of hydrogen-bond acceptors (Lipinski definition) is 4. The molecule has 0 saturated carbocycles. The maximum Gasteiger partial charge on any atom is 0.169 e. The van der Waals surface area contributed by atoms with Gasteiger partial charge in [0.1, 0.15) is 5.75 Å². The van der Waals surface area contributed by atoms with E-state index < -0.39 is 0 Å². The standard InChI is InChI=1S/C19H32N4OS/c1-16-6-7-18(24-4)17(14-16)15-22-10-12-23(13-11-22)19(25)20-8-5-9-21(2)3/h6-7,14H,5,8-13,15H2,1-4H3,(H,20,25). The highest BCUT2D eigenvalue weighted by atomic mass is 32.1. The molecular weight excluding hydrogens is 332 g/mol. The summed E-state index contributed by atoms with van der Waals surface area (Å²) in [7, 11) is 5.94. The van der Waals surface area contributed by atoms with E-state index in [0.29, 0.717) is 0 Å². The number of aryl methyl sites for hydroxylation is 1. The highest BCUT2D eigenvalue weighted by Crippen LogP contribution is 2.22. The fourth-order valence-electron chi connectivity index (χ4n) is 3.08. The monoisotopic (exact) mass is 364 g/mol. The van der Waals surface area contributed by atoms with Crippen molar-refractivity contribution in [2.24, 2.45) is 0 Å². The Morgan fingerprint density at radius 3 is 2.60 bits per heavy atom. The molecule has 0 bridgehead atoms. The van der Waals surface area contributed by atoms with Crippen LogP contribution in [0.1, 0.15) is 17.5 Å². The summed E-state index contributed by atoms with van der Waals surface area (Å²) in [6.07, 6.45) is 1.11. The van der Waals surface area contributed by atoms with Crippen molar-refractivity contribution in [2.75, 3.05) is 60.5 Å². The Bertz CT molecular complexity index is 556. The minimum absolute atomic E-state index is 0.895. The van der Waals surface area contributed by atoms with E-state index >= 15 is 0 Å². The maximum atomic E-state index is 5.54. The molecule has 25 heavy (non-hydrogen) atoms. The quantitative estimate of drug-likeness (QED) is 0.588. The Morgan fingerprint density at radius 2 is 1.96 bits per heavy atom. The van der Waals surface area contributed by atoms with Crippen molar-refractivity contribution in [3.63, 3.8) is 0 Å². The molecule has 0 aliphatic carbocycles. The molecule has 140 valence electrons. The van der Waals surface area contributed by atoms with Gasteiger partial charge >= 0.3 is 0 Å². The molecule has 0 spiro atoms. The summed E-state index contributed by atoms with van der Waals surface area (Å²) in [5.41, 5.74) is 2.54. The summed E-state index contributed by atoms with van der Waals surface area (Å²) in [5.74, 6) is 0.978. The highest BCUT2D eigenvalue weighted by Gasteiger charge is 2.19. The average Bonchev–Trinajstić information content (AvgIpc) is 2.59. The molecule has 0 amide bonds. The number of hydrogen-bond donors (Lipinski definition) is 1. The zero-order chi connectivity index (χ0) is 18.2. The molecule has 1 heterocycles. The molecule has 1 aromatic carbocycles. The molecule has 0 aromatic heterocycles. The number of nitrogens with zero attached hydrogens (tertiary/aromatic N) is 3. The van der Waals surface area contributed by atoms with Gasteiger partial charge in [-0.25, -0.2) is 0 Å². The third-order valence-corrected chi connectivity index (χ3v) is 4.95. The van der Waals surface area contributed by atoms with Crippen molar-refractivity contribution in [2.45, 2.75) is 19.9 Å². The maximum absolute atomic E-state index is 5.54. The number of rotatable bonds is 7. The van der Waals surface area contributed by atoms with Crippen LogP contribution in [0.5, 0.6) is 5.75 Å². The Balaban J connectivity index is 1.76. The zero-order valence-corrected chi connectivity index (χ0v) is 16.9. The lowest BCUT2D eigenvalue weighted by Crippen LogP contribution is -2.51. The van der Waals surface area contributed by atoms with Gasteiger partial charge in [-0.05, 0) is 52.3 Å². The van der Waals surface area contributed by atoms with Gasteiger partial charge in [0.25, 0.3) is 0 Å². The zero-order valence-electron chi connectivity index (χ0n) is 16.0. The lowest BCUT2D eigenvalue weighted by atomic mass is 10.1. The summed E-state index contributed by atoms with van der Waals surface area (Å²) in [6.45, 7) is 9.09. The van der Waals surface area contributed by atoms with Crippen LogP contribution in [0.2, 0.25) is 0 Å². The summed E-state index contributed by atoms with van der Waals surface area (Å²) in [4.78, 5) is 6.96. The van der Waals surface area contributed by atoms with E-state index in [1.165, 1.54) is 11.1 Å². The molecule has 1 aliphatic rings. The summed E-state index contributed by atoms with van der Waals surface area (Å²) >= 11 is 5.54. The fourth-order valence-corrected chi connectivity index (χ4v) is 3.37. The van der Waals surface area contributed by atoms with Gasteiger partial charge in [-0.15, -0.1) is 0 Å². The number of nitrogens with one attached hydrogen (secondary N) is 1. The van der Waals surface area contributed by atoms with Crippen LogP contribution in [0.25, 0.3) is 0 Å². The van der Waals surface area contributed by atoms with Crippen molar-refractivity contribution in [3.05, 3.63) is 29.3 Å². The average molecular weight is 365 g/mol. The Kier molecular flexibility index (Phi) is 7.93. The van der Waals surface area contributed by atoms with Gasteiger partial charge in [0.2, 0.25) is 0 Å². The lowest BCUT2D eigenvalue weighted by Gasteiger charge is -2.36. The SMILES string of the molecule is COc1ccc(C)cc1CN1CCN(C(=S)NCCCN(C)C)CC1. The van der Waals surface area contributed by atoms with Crippen LogP contribution in [-0.4, -0.2) is 80.3 Å². The Labute approximate surface area is 157 Å². The van der Waals surface area contributed by atoms with Crippen LogP contribution in [0.15, 0.2) is 18.2 Å². The van der Waals surface area contributed by atoms with E-state index in [-0.39, 0.29) is 0 Å². The van der Waals surface area contributed by atoms with Gasteiger partial charge in [-0.3, -0.25) is 4.90 Å². The fraction of sp³-hybridized carbons (Fsp3) is 0.632. The van der Waals surface area contributed by atoms with Gasteiger partial charge in [0.15, 0.2) is 5.11 Å². The van der Waals surface area contributed by atoms with E-state index in [9.17, 15) is 0 Å². The van der Waals surface area contributed by atoms with Crippen molar-refractivity contribution in [3.8, 4) is 5.75 Å². The van der Waals surface area contributed by atoms with Crippen LogP contribution in [-0.2, 0) is 6.54 Å². The Morgan fingerprint density at radius 1 is 1.24 bits per heavy atom. The number of benzene rings is 1. The van der Waals surface area contributed by atoms with E-state index in [4.69, 9.17) is 17.0 Å². The number of thiocarbonyl (C=S) groups is 1. The van der Waals surface area contributed by atoms with Crippen molar-refractivity contribution < 1.29 is 4.74 Å².